The second-order valence-corrected chi connectivity index (χ2v) is 12.3. The number of nitrogens with one attached hydrogen (secondary N) is 2. The number of aryl methyl sites for hydroxylation is 1. The monoisotopic (exact) mass is 566 g/mol. The Kier molecular flexibility index (Phi) is 8.84. The highest BCUT2D eigenvalue weighted by Gasteiger charge is 2.33. The van der Waals surface area contributed by atoms with Crippen LogP contribution in [0.15, 0.2) is 67.0 Å². The average molecular weight is 567 g/mol. The van der Waals surface area contributed by atoms with E-state index in [4.69, 9.17) is 4.74 Å². The van der Waals surface area contributed by atoms with Gasteiger partial charge in [0.05, 0.1) is 13.7 Å². The lowest BCUT2D eigenvalue weighted by molar-refractivity contribution is -0.123. The van der Waals surface area contributed by atoms with E-state index in [-0.39, 0.29) is 23.8 Å². The van der Waals surface area contributed by atoms with Crippen molar-refractivity contribution in [1.82, 2.24) is 15.2 Å². The van der Waals surface area contributed by atoms with E-state index in [2.05, 4.69) is 50.8 Å². The van der Waals surface area contributed by atoms with Crippen molar-refractivity contribution in [1.29, 1.82) is 0 Å². The third kappa shape index (κ3) is 6.67. The first-order valence-electron chi connectivity index (χ1n) is 15.5. The Morgan fingerprint density at radius 1 is 1.00 bits per heavy atom. The molecule has 3 aromatic rings. The van der Waals surface area contributed by atoms with Gasteiger partial charge in [0, 0.05) is 36.5 Å². The molecule has 0 bridgehead atoms. The van der Waals surface area contributed by atoms with Crippen LogP contribution < -0.4 is 15.4 Å². The van der Waals surface area contributed by atoms with Crippen molar-refractivity contribution in [2.75, 3.05) is 32.1 Å². The highest BCUT2D eigenvalue weighted by atomic mass is 16.5. The maximum atomic E-state index is 13.4. The van der Waals surface area contributed by atoms with Gasteiger partial charge >= 0.3 is 0 Å². The van der Waals surface area contributed by atoms with Crippen LogP contribution in [0.3, 0.4) is 0 Å². The predicted molar refractivity (Wildman–Crippen MR) is 165 cm³/mol. The number of benzene rings is 2. The number of rotatable bonds is 7. The van der Waals surface area contributed by atoms with Crippen LogP contribution in [0, 0.1) is 11.8 Å². The summed E-state index contributed by atoms with van der Waals surface area (Å²) in [6.07, 6.45) is 11.1. The molecule has 7 heteroatoms. The van der Waals surface area contributed by atoms with Crippen molar-refractivity contribution in [2.24, 2.45) is 11.8 Å². The summed E-state index contributed by atoms with van der Waals surface area (Å²) in [5.41, 5.74) is 6.00. The third-order valence-electron chi connectivity index (χ3n) is 9.67. The van der Waals surface area contributed by atoms with Gasteiger partial charge in [-0.05, 0) is 116 Å². The molecule has 1 saturated heterocycles. The minimum Gasteiger partial charge on any atom is -0.497 e. The first kappa shape index (κ1) is 28.4. The molecule has 2 amide bonds. The van der Waals surface area contributed by atoms with Crippen LogP contribution in [-0.2, 0) is 28.9 Å². The van der Waals surface area contributed by atoms with Crippen molar-refractivity contribution in [3.8, 4) is 5.75 Å². The zero-order valence-corrected chi connectivity index (χ0v) is 24.6. The van der Waals surface area contributed by atoms with E-state index >= 15 is 0 Å². The van der Waals surface area contributed by atoms with Crippen molar-refractivity contribution >= 4 is 17.5 Å². The van der Waals surface area contributed by atoms with Crippen LogP contribution >= 0.6 is 0 Å². The zero-order valence-electron chi connectivity index (χ0n) is 24.6. The highest BCUT2D eigenvalue weighted by Crippen LogP contribution is 2.37. The van der Waals surface area contributed by atoms with Gasteiger partial charge < -0.3 is 15.4 Å². The second-order valence-electron chi connectivity index (χ2n) is 12.3. The van der Waals surface area contributed by atoms with Gasteiger partial charge in [0.15, 0.2) is 0 Å². The molecule has 1 aromatic heterocycles. The molecule has 3 heterocycles. The van der Waals surface area contributed by atoms with E-state index < -0.39 is 0 Å². The fraction of sp³-hybridized carbons (Fsp3) is 0.457. The molecule has 2 aliphatic heterocycles. The molecular weight excluding hydrogens is 524 g/mol. The number of piperidine rings is 1. The first-order chi connectivity index (χ1) is 20.6. The topological polar surface area (TPSA) is 83.6 Å². The number of carbonyl (C=O) groups is 2. The fourth-order valence-corrected chi connectivity index (χ4v) is 7.39. The Labute approximate surface area is 249 Å². The molecule has 7 nitrogen and oxygen atoms in total. The number of hydrogen-bond acceptors (Lipinski definition) is 5. The van der Waals surface area contributed by atoms with Crippen molar-refractivity contribution in [3.05, 3.63) is 89.2 Å². The number of nitrogens with zero attached hydrogens (tertiary/aromatic N) is 2. The van der Waals surface area contributed by atoms with Gasteiger partial charge in [0.2, 0.25) is 11.8 Å². The number of methoxy groups -OCH3 is 1. The summed E-state index contributed by atoms with van der Waals surface area (Å²) in [5.74, 6) is 2.39. The Morgan fingerprint density at radius 3 is 2.67 bits per heavy atom. The smallest absolute Gasteiger partial charge is 0.234 e. The molecule has 2 aromatic carbocycles. The molecule has 0 spiro atoms. The van der Waals surface area contributed by atoms with Crippen LogP contribution in [0.25, 0.3) is 0 Å². The van der Waals surface area contributed by atoms with Gasteiger partial charge in [-0.2, -0.15) is 0 Å². The van der Waals surface area contributed by atoms with Gasteiger partial charge in [0.1, 0.15) is 5.75 Å². The molecule has 6 rings (SSSR count). The number of hydrogen-bond donors (Lipinski definition) is 2. The molecule has 3 aliphatic rings. The number of carbonyl (C=O) groups excluding carboxylic acids is 2. The van der Waals surface area contributed by atoms with Crippen molar-refractivity contribution in [2.45, 2.75) is 63.3 Å². The maximum Gasteiger partial charge on any atom is 0.234 e. The van der Waals surface area contributed by atoms with Crippen LogP contribution in [0.4, 0.5) is 5.69 Å². The van der Waals surface area contributed by atoms with E-state index in [1.54, 1.807) is 13.3 Å². The second kappa shape index (κ2) is 13.1. The number of likely N-dealkylation sites (tertiary alicyclic amines) is 1. The van der Waals surface area contributed by atoms with E-state index in [1.807, 2.05) is 30.5 Å². The quantitative estimate of drug-likeness (QED) is 0.413. The summed E-state index contributed by atoms with van der Waals surface area (Å²) in [6.45, 7) is 2.29. The minimum absolute atomic E-state index is 0.0808. The largest absolute Gasteiger partial charge is 0.497 e. The van der Waals surface area contributed by atoms with Crippen LogP contribution in [0.5, 0.6) is 5.75 Å². The predicted octanol–water partition coefficient (Wildman–Crippen LogP) is 5.15. The number of amides is 2. The highest BCUT2D eigenvalue weighted by molar-refractivity contribution is 5.91. The molecule has 2 unspecified atom stereocenters. The third-order valence-corrected chi connectivity index (χ3v) is 9.67. The van der Waals surface area contributed by atoms with E-state index in [0.717, 1.165) is 69.5 Å². The summed E-state index contributed by atoms with van der Waals surface area (Å²) >= 11 is 0. The number of para-hydroxylation sites is 1. The number of aromatic nitrogens is 1. The lowest BCUT2D eigenvalue weighted by atomic mass is 9.76. The van der Waals surface area contributed by atoms with E-state index in [9.17, 15) is 9.59 Å². The molecule has 1 aliphatic carbocycles. The fourth-order valence-electron chi connectivity index (χ4n) is 7.39. The first-order valence-corrected chi connectivity index (χ1v) is 15.5. The van der Waals surface area contributed by atoms with Crippen LogP contribution in [0.1, 0.15) is 60.3 Å². The molecule has 2 N–H and O–H groups in total. The summed E-state index contributed by atoms with van der Waals surface area (Å²) < 4.78 is 5.48. The van der Waals surface area contributed by atoms with E-state index in [1.165, 1.54) is 22.3 Å². The molecule has 0 saturated carbocycles. The number of ether oxygens (including phenoxy) is 1. The van der Waals surface area contributed by atoms with Crippen molar-refractivity contribution in [3.63, 3.8) is 0 Å². The van der Waals surface area contributed by atoms with E-state index in [0.29, 0.717) is 24.8 Å². The Morgan fingerprint density at radius 2 is 1.86 bits per heavy atom. The molecule has 3 atom stereocenters. The lowest BCUT2D eigenvalue weighted by Crippen LogP contribution is -2.48. The Hall–Kier alpha value is -3.71. The summed E-state index contributed by atoms with van der Waals surface area (Å²) in [5, 5.41) is 6.51. The van der Waals surface area contributed by atoms with Crippen LogP contribution in [0.2, 0.25) is 0 Å². The molecule has 0 radical (unpaired) electrons. The minimum atomic E-state index is 0.0808. The van der Waals surface area contributed by atoms with Gasteiger partial charge in [0.25, 0.3) is 0 Å². The van der Waals surface area contributed by atoms with Gasteiger partial charge in [-0.3, -0.25) is 19.5 Å². The maximum absolute atomic E-state index is 13.4. The molecule has 220 valence electrons. The van der Waals surface area contributed by atoms with Crippen molar-refractivity contribution < 1.29 is 14.3 Å². The Bertz CT molecular complexity index is 1390. The SMILES string of the molecule is COc1ccc2c(c1)CCC(NC(=O)CN1CCC(C3CCC(=O)Nc4ccccc4C3)CC1)[C@H]2Cc1cccnc1. The van der Waals surface area contributed by atoms with Gasteiger partial charge in [-0.1, -0.05) is 30.3 Å². The van der Waals surface area contributed by atoms with Crippen LogP contribution in [-0.4, -0.2) is 54.5 Å². The Balaban J connectivity index is 1.07. The number of fused-ring (bicyclic) bond motifs is 2. The molecule has 42 heavy (non-hydrogen) atoms. The number of anilines is 1. The summed E-state index contributed by atoms with van der Waals surface area (Å²) in [4.78, 5) is 32.5. The standard InChI is InChI=1S/C35H42N4O3/c1-42-29-10-11-30-27(21-29)8-12-33(31(30)19-24-5-4-16-36-22-24)38-35(41)23-39-17-14-25(15-18-39)26-9-13-34(40)37-32-7-3-2-6-28(32)20-26/h2-7,10-11,16,21-22,25-26,31,33H,8-9,12-15,17-20,23H2,1H3,(H,37,40)(H,38,41)/t26?,31-,33?/m0/s1. The lowest BCUT2D eigenvalue weighted by Gasteiger charge is -2.38. The summed E-state index contributed by atoms with van der Waals surface area (Å²) in [6, 6.07) is 18.8. The average Bonchev–Trinajstić information content (AvgIpc) is 3.01. The number of pyridine rings is 1. The normalized spacial score (nSPS) is 23.1. The van der Waals surface area contributed by atoms with Gasteiger partial charge in [-0.15, -0.1) is 0 Å². The zero-order chi connectivity index (χ0) is 28.9. The van der Waals surface area contributed by atoms with Gasteiger partial charge in [-0.25, -0.2) is 0 Å². The summed E-state index contributed by atoms with van der Waals surface area (Å²) in [7, 11) is 1.71. The molecular formula is C35H42N4O3. The molecule has 1 fully saturated rings.